The zero-order chi connectivity index (χ0) is 15.2. The Morgan fingerprint density at radius 3 is 2.55 bits per heavy atom. The summed E-state index contributed by atoms with van der Waals surface area (Å²) in [5.41, 5.74) is 5.90. The Balaban J connectivity index is 2.78. The van der Waals surface area contributed by atoms with E-state index >= 15 is 0 Å². The first-order valence-electron chi connectivity index (χ1n) is 6.94. The molecular weight excluding hydrogens is 276 g/mol. The third kappa shape index (κ3) is 4.68. The molecule has 1 rings (SSSR count). The maximum atomic E-state index is 11.4. The molecular formula is C14H24N2O3S. The minimum Gasteiger partial charge on any atom is -0.491 e. The van der Waals surface area contributed by atoms with Crippen molar-refractivity contribution in [3.05, 3.63) is 18.2 Å². The van der Waals surface area contributed by atoms with Crippen molar-refractivity contribution in [2.24, 2.45) is 11.1 Å². The zero-order valence-corrected chi connectivity index (χ0v) is 12.9. The van der Waals surface area contributed by atoms with E-state index in [4.69, 9.17) is 15.6 Å². The standard InChI is InChI=1S/C14H24N2O3S/c1-3-5-7-11(4-2)10-19-12-8-6-9-13(14(12)15)20(16,17)18/h6,8-9,11H,3-5,7,10,15H2,1-2H3,(H2,16,17,18). The second-order valence-corrected chi connectivity index (χ2v) is 6.47. The molecule has 0 aromatic heterocycles. The highest BCUT2D eigenvalue weighted by molar-refractivity contribution is 7.89. The van der Waals surface area contributed by atoms with Gasteiger partial charge in [0.15, 0.2) is 0 Å². The van der Waals surface area contributed by atoms with Crippen molar-refractivity contribution in [3.8, 4) is 5.75 Å². The van der Waals surface area contributed by atoms with Crippen molar-refractivity contribution in [1.29, 1.82) is 0 Å². The molecule has 0 aliphatic rings. The van der Waals surface area contributed by atoms with Crippen molar-refractivity contribution in [2.75, 3.05) is 12.3 Å². The van der Waals surface area contributed by atoms with Crippen molar-refractivity contribution >= 4 is 15.7 Å². The highest BCUT2D eigenvalue weighted by Crippen LogP contribution is 2.28. The Hall–Kier alpha value is -1.27. The van der Waals surface area contributed by atoms with E-state index in [-0.39, 0.29) is 10.6 Å². The molecule has 5 nitrogen and oxygen atoms in total. The normalized spacial score (nSPS) is 13.2. The zero-order valence-electron chi connectivity index (χ0n) is 12.1. The van der Waals surface area contributed by atoms with Gasteiger partial charge in [-0.05, 0) is 24.5 Å². The van der Waals surface area contributed by atoms with Gasteiger partial charge in [-0.1, -0.05) is 39.2 Å². The van der Waals surface area contributed by atoms with Crippen LogP contribution in [-0.4, -0.2) is 15.0 Å². The molecule has 0 aliphatic carbocycles. The number of primary sulfonamides is 1. The smallest absolute Gasteiger partial charge is 0.240 e. The highest BCUT2D eigenvalue weighted by atomic mass is 32.2. The highest BCUT2D eigenvalue weighted by Gasteiger charge is 2.16. The first kappa shape index (κ1) is 16.8. The lowest BCUT2D eigenvalue weighted by Crippen LogP contribution is -2.16. The SMILES string of the molecule is CCCCC(CC)COc1cccc(S(N)(=O)=O)c1N. The van der Waals surface area contributed by atoms with Gasteiger partial charge in [-0.25, -0.2) is 13.6 Å². The molecule has 0 amide bonds. The fraction of sp³-hybridized carbons (Fsp3) is 0.571. The summed E-state index contributed by atoms with van der Waals surface area (Å²) < 4.78 is 28.4. The maximum Gasteiger partial charge on any atom is 0.240 e. The van der Waals surface area contributed by atoms with Crippen LogP contribution in [0.2, 0.25) is 0 Å². The van der Waals surface area contributed by atoms with Gasteiger partial charge >= 0.3 is 0 Å². The van der Waals surface area contributed by atoms with E-state index < -0.39 is 10.0 Å². The van der Waals surface area contributed by atoms with E-state index in [0.29, 0.717) is 18.3 Å². The topological polar surface area (TPSA) is 95.4 Å². The van der Waals surface area contributed by atoms with E-state index in [2.05, 4.69) is 13.8 Å². The van der Waals surface area contributed by atoms with Gasteiger partial charge in [0.2, 0.25) is 10.0 Å². The molecule has 0 heterocycles. The fourth-order valence-electron chi connectivity index (χ4n) is 2.00. The summed E-state index contributed by atoms with van der Waals surface area (Å²) in [5, 5.41) is 5.11. The monoisotopic (exact) mass is 300 g/mol. The predicted octanol–water partition coefficient (Wildman–Crippen LogP) is 2.51. The molecule has 0 saturated heterocycles. The molecule has 1 aromatic rings. The van der Waals surface area contributed by atoms with Crippen LogP contribution in [0.5, 0.6) is 5.75 Å². The summed E-state index contributed by atoms with van der Waals surface area (Å²) in [6.45, 7) is 4.81. The van der Waals surface area contributed by atoms with Crippen molar-refractivity contribution in [3.63, 3.8) is 0 Å². The Kier molecular flexibility index (Phi) is 6.29. The minimum atomic E-state index is -3.82. The Labute approximate surface area is 121 Å². The van der Waals surface area contributed by atoms with Gasteiger partial charge in [-0.3, -0.25) is 0 Å². The van der Waals surface area contributed by atoms with Gasteiger partial charge in [0, 0.05) is 0 Å². The van der Waals surface area contributed by atoms with Crippen molar-refractivity contribution in [2.45, 2.75) is 44.4 Å². The summed E-state index contributed by atoms with van der Waals surface area (Å²) in [4.78, 5) is -0.0865. The summed E-state index contributed by atoms with van der Waals surface area (Å²) in [5.74, 6) is 0.832. The number of hydrogen-bond acceptors (Lipinski definition) is 4. The molecule has 0 spiro atoms. The van der Waals surface area contributed by atoms with Crippen molar-refractivity contribution in [1.82, 2.24) is 0 Å². The molecule has 4 N–H and O–H groups in total. The number of rotatable bonds is 8. The number of nitrogen functional groups attached to an aromatic ring is 1. The molecule has 0 bridgehead atoms. The fourth-order valence-corrected chi connectivity index (χ4v) is 2.68. The first-order chi connectivity index (χ1) is 9.40. The summed E-state index contributed by atoms with van der Waals surface area (Å²) in [6, 6.07) is 4.63. The minimum absolute atomic E-state index is 0.0837. The van der Waals surface area contributed by atoms with Gasteiger partial charge < -0.3 is 10.5 Å². The van der Waals surface area contributed by atoms with E-state index in [0.717, 1.165) is 25.7 Å². The van der Waals surface area contributed by atoms with Gasteiger partial charge in [0.05, 0.1) is 12.3 Å². The van der Waals surface area contributed by atoms with Gasteiger partial charge in [-0.2, -0.15) is 0 Å². The van der Waals surface area contributed by atoms with Crippen molar-refractivity contribution < 1.29 is 13.2 Å². The average molecular weight is 300 g/mol. The second kappa shape index (κ2) is 7.50. The first-order valence-corrected chi connectivity index (χ1v) is 8.48. The number of hydrogen-bond donors (Lipinski definition) is 2. The molecule has 0 radical (unpaired) electrons. The van der Waals surface area contributed by atoms with Gasteiger partial charge in [0.1, 0.15) is 10.6 Å². The lowest BCUT2D eigenvalue weighted by atomic mass is 10.0. The quantitative estimate of drug-likeness (QED) is 0.721. The lowest BCUT2D eigenvalue weighted by Gasteiger charge is -2.17. The molecule has 0 fully saturated rings. The van der Waals surface area contributed by atoms with E-state index in [1.807, 2.05) is 0 Å². The van der Waals surface area contributed by atoms with Gasteiger partial charge in [0.25, 0.3) is 0 Å². The lowest BCUT2D eigenvalue weighted by molar-refractivity contribution is 0.234. The number of benzene rings is 1. The molecule has 114 valence electrons. The van der Waals surface area contributed by atoms with Crippen LogP contribution in [0.4, 0.5) is 5.69 Å². The molecule has 20 heavy (non-hydrogen) atoms. The molecule has 1 unspecified atom stereocenters. The van der Waals surface area contributed by atoms with Crippen LogP contribution in [0, 0.1) is 5.92 Å². The average Bonchev–Trinajstić information content (AvgIpc) is 2.39. The van der Waals surface area contributed by atoms with Crippen LogP contribution in [0.1, 0.15) is 39.5 Å². The molecule has 1 aromatic carbocycles. The molecule has 0 saturated carbocycles. The third-order valence-corrected chi connectivity index (χ3v) is 4.32. The van der Waals surface area contributed by atoms with E-state index in [1.165, 1.54) is 6.07 Å². The number of anilines is 1. The second-order valence-electron chi connectivity index (χ2n) is 4.94. The van der Waals surface area contributed by atoms with Crippen LogP contribution in [0.3, 0.4) is 0 Å². The largest absolute Gasteiger partial charge is 0.491 e. The number of unbranched alkanes of at least 4 members (excludes halogenated alkanes) is 1. The number of para-hydroxylation sites is 1. The Bertz CT molecular complexity index is 529. The van der Waals surface area contributed by atoms with Crippen LogP contribution in [-0.2, 0) is 10.0 Å². The Morgan fingerprint density at radius 1 is 1.30 bits per heavy atom. The maximum absolute atomic E-state index is 11.4. The van der Waals surface area contributed by atoms with Crippen LogP contribution < -0.4 is 15.6 Å². The van der Waals surface area contributed by atoms with E-state index in [1.54, 1.807) is 12.1 Å². The number of ether oxygens (including phenoxy) is 1. The molecule has 6 heteroatoms. The number of nitrogens with two attached hydrogens (primary N) is 2. The summed E-state index contributed by atoms with van der Waals surface area (Å²) >= 11 is 0. The Morgan fingerprint density at radius 2 is 2.00 bits per heavy atom. The third-order valence-electron chi connectivity index (χ3n) is 3.35. The predicted molar refractivity (Wildman–Crippen MR) is 81.0 cm³/mol. The van der Waals surface area contributed by atoms with Crippen LogP contribution >= 0.6 is 0 Å². The number of sulfonamides is 1. The summed E-state index contributed by atoms with van der Waals surface area (Å²) in [7, 11) is -3.82. The van der Waals surface area contributed by atoms with Crippen LogP contribution in [0.25, 0.3) is 0 Å². The molecule has 1 atom stereocenters. The molecule has 0 aliphatic heterocycles. The van der Waals surface area contributed by atoms with Gasteiger partial charge in [-0.15, -0.1) is 0 Å². The summed E-state index contributed by atoms with van der Waals surface area (Å²) in [6.07, 6.45) is 4.44. The van der Waals surface area contributed by atoms with Crippen LogP contribution in [0.15, 0.2) is 23.1 Å². The van der Waals surface area contributed by atoms with E-state index in [9.17, 15) is 8.42 Å².